The first-order chi connectivity index (χ1) is 14.1. The quantitative estimate of drug-likeness (QED) is 0.667. The molecule has 2 aliphatic heterocycles. The van der Waals surface area contributed by atoms with Crippen molar-refractivity contribution in [2.24, 2.45) is 0 Å². The van der Waals surface area contributed by atoms with Crippen LogP contribution in [0.5, 0.6) is 0 Å². The molecule has 2 saturated heterocycles. The summed E-state index contributed by atoms with van der Waals surface area (Å²) in [5, 5.41) is 4.52. The average molecular weight is 392 g/mol. The lowest BCUT2D eigenvalue weighted by Gasteiger charge is -2.37. The second kappa shape index (κ2) is 7.22. The fourth-order valence-corrected chi connectivity index (χ4v) is 4.62. The van der Waals surface area contributed by atoms with Crippen LogP contribution in [0.1, 0.15) is 25.8 Å². The van der Waals surface area contributed by atoms with Crippen molar-refractivity contribution < 1.29 is 4.39 Å². The molecule has 5 rings (SSSR count). The summed E-state index contributed by atoms with van der Waals surface area (Å²) in [6.07, 6.45) is 6.86. The number of anilines is 1. The summed E-state index contributed by atoms with van der Waals surface area (Å²) in [4.78, 5) is 14.1. The molecule has 150 valence electrons. The lowest BCUT2D eigenvalue weighted by atomic mass is 10.2. The summed E-state index contributed by atoms with van der Waals surface area (Å²) in [5.41, 5.74) is 2.38. The highest BCUT2D eigenvalue weighted by molar-refractivity contribution is 5.53. The molecule has 3 aromatic rings. The molecule has 6 nitrogen and oxygen atoms in total. The Labute approximate surface area is 170 Å². The lowest BCUT2D eigenvalue weighted by molar-refractivity contribution is 0.191. The van der Waals surface area contributed by atoms with E-state index in [2.05, 4.69) is 38.7 Å². The number of fused-ring (bicyclic) bond motifs is 2. The van der Waals surface area contributed by atoms with E-state index < -0.39 is 0 Å². The second-order valence-corrected chi connectivity index (χ2v) is 8.24. The van der Waals surface area contributed by atoms with Crippen LogP contribution in [0.15, 0.2) is 48.9 Å². The molecule has 1 aromatic carbocycles. The summed E-state index contributed by atoms with van der Waals surface area (Å²) >= 11 is 0. The van der Waals surface area contributed by atoms with Crippen molar-refractivity contribution in [2.45, 2.75) is 44.9 Å². The van der Waals surface area contributed by atoms with Gasteiger partial charge in [0.25, 0.3) is 0 Å². The zero-order valence-corrected chi connectivity index (χ0v) is 16.7. The molecule has 7 heteroatoms. The summed E-state index contributed by atoms with van der Waals surface area (Å²) in [7, 11) is 0. The van der Waals surface area contributed by atoms with Crippen molar-refractivity contribution in [3.05, 3.63) is 60.3 Å². The molecule has 2 atom stereocenters. The second-order valence-electron chi connectivity index (χ2n) is 8.24. The maximum atomic E-state index is 13.9. The Kier molecular flexibility index (Phi) is 4.54. The van der Waals surface area contributed by atoms with E-state index >= 15 is 0 Å². The lowest BCUT2D eigenvalue weighted by Crippen LogP contribution is -2.49. The molecular weight excluding hydrogens is 367 g/mol. The van der Waals surface area contributed by atoms with Gasteiger partial charge in [0, 0.05) is 43.0 Å². The fraction of sp³-hybridized carbons (Fsp3) is 0.409. The van der Waals surface area contributed by atoms with E-state index in [0.29, 0.717) is 41.8 Å². The first-order valence-corrected chi connectivity index (χ1v) is 10.2. The van der Waals surface area contributed by atoms with Gasteiger partial charge in [0.05, 0.1) is 24.6 Å². The van der Waals surface area contributed by atoms with Gasteiger partial charge in [0.15, 0.2) is 5.82 Å². The minimum atomic E-state index is -0.221. The molecule has 0 radical (unpaired) electrons. The highest BCUT2D eigenvalue weighted by atomic mass is 19.1. The molecule has 4 heterocycles. The zero-order valence-electron chi connectivity index (χ0n) is 16.7. The molecule has 2 aliphatic rings. The number of benzene rings is 1. The van der Waals surface area contributed by atoms with Crippen LogP contribution in [0.25, 0.3) is 11.5 Å². The fourth-order valence-electron chi connectivity index (χ4n) is 4.62. The predicted octanol–water partition coefficient (Wildman–Crippen LogP) is 3.20. The van der Waals surface area contributed by atoms with E-state index in [1.54, 1.807) is 16.8 Å². The van der Waals surface area contributed by atoms with E-state index in [-0.39, 0.29) is 5.82 Å². The van der Waals surface area contributed by atoms with Crippen LogP contribution in [0.3, 0.4) is 0 Å². The van der Waals surface area contributed by atoms with Crippen LogP contribution in [-0.2, 0) is 6.54 Å². The third kappa shape index (κ3) is 3.40. The minimum absolute atomic E-state index is 0.221. The van der Waals surface area contributed by atoms with Gasteiger partial charge in [-0.25, -0.2) is 14.4 Å². The van der Waals surface area contributed by atoms with Crippen LogP contribution >= 0.6 is 0 Å². The third-order valence-electron chi connectivity index (χ3n) is 6.08. The SMILES string of the molecule is CC(C)N1CC2CC1CN2c1cnc(-c2ccn(Cc3ccccc3F)n2)nc1. The number of nitrogens with zero attached hydrogens (tertiary/aromatic N) is 6. The number of aromatic nitrogens is 4. The average Bonchev–Trinajstić information content (AvgIpc) is 3.45. The van der Waals surface area contributed by atoms with Gasteiger partial charge in [-0.05, 0) is 32.4 Å². The molecule has 0 aliphatic carbocycles. The van der Waals surface area contributed by atoms with Gasteiger partial charge in [-0.2, -0.15) is 5.10 Å². The van der Waals surface area contributed by atoms with Crippen LogP contribution in [0.2, 0.25) is 0 Å². The maximum Gasteiger partial charge on any atom is 0.180 e. The van der Waals surface area contributed by atoms with Crippen LogP contribution in [0.4, 0.5) is 10.1 Å². The zero-order chi connectivity index (χ0) is 20.0. The predicted molar refractivity (Wildman–Crippen MR) is 110 cm³/mol. The Balaban J connectivity index is 1.28. The van der Waals surface area contributed by atoms with Crippen molar-refractivity contribution in [3.63, 3.8) is 0 Å². The van der Waals surface area contributed by atoms with Gasteiger partial charge in [-0.3, -0.25) is 9.58 Å². The number of hydrogen-bond donors (Lipinski definition) is 0. The van der Waals surface area contributed by atoms with Crippen molar-refractivity contribution in [3.8, 4) is 11.5 Å². The van der Waals surface area contributed by atoms with Gasteiger partial charge in [-0.1, -0.05) is 18.2 Å². The van der Waals surface area contributed by atoms with Gasteiger partial charge < -0.3 is 4.90 Å². The molecule has 0 amide bonds. The molecule has 0 N–H and O–H groups in total. The van der Waals surface area contributed by atoms with Crippen LogP contribution in [0, 0.1) is 5.82 Å². The Morgan fingerprint density at radius 3 is 2.55 bits per heavy atom. The standard InChI is InChI=1S/C22H25FN6/c1-15(2)28-13-18-9-17(28)14-29(18)19-10-24-22(25-11-19)21-7-8-27(26-21)12-16-5-3-4-6-20(16)23/h3-8,10-11,15,17-18H,9,12-14H2,1-2H3. The molecule has 0 saturated carbocycles. The Bertz CT molecular complexity index is 999. The number of likely N-dealkylation sites (tertiary alicyclic amines) is 1. The van der Waals surface area contributed by atoms with Gasteiger partial charge >= 0.3 is 0 Å². The third-order valence-corrected chi connectivity index (χ3v) is 6.08. The van der Waals surface area contributed by atoms with Gasteiger partial charge in [0.1, 0.15) is 11.5 Å². The van der Waals surface area contributed by atoms with Crippen molar-refractivity contribution in [2.75, 3.05) is 18.0 Å². The highest BCUT2D eigenvalue weighted by Crippen LogP contribution is 2.35. The molecular formula is C22H25FN6. The van der Waals surface area contributed by atoms with Gasteiger partial charge in [-0.15, -0.1) is 0 Å². The van der Waals surface area contributed by atoms with Gasteiger partial charge in [0.2, 0.25) is 0 Å². The van der Waals surface area contributed by atoms with Crippen molar-refractivity contribution in [1.29, 1.82) is 0 Å². The summed E-state index contributed by atoms with van der Waals surface area (Å²) in [6.45, 7) is 7.09. The van der Waals surface area contributed by atoms with E-state index in [4.69, 9.17) is 0 Å². The molecule has 29 heavy (non-hydrogen) atoms. The molecule has 0 spiro atoms. The molecule has 2 unspecified atom stereocenters. The summed E-state index contributed by atoms with van der Waals surface area (Å²) in [5.74, 6) is 0.371. The largest absolute Gasteiger partial charge is 0.363 e. The van der Waals surface area contributed by atoms with E-state index in [0.717, 1.165) is 18.8 Å². The summed E-state index contributed by atoms with van der Waals surface area (Å²) in [6, 6.07) is 10.4. The first-order valence-electron chi connectivity index (χ1n) is 10.2. The Morgan fingerprint density at radius 1 is 1.07 bits per heavy atom. The Hall–Kier alpha value is -2.80. The highest BCUT2D eigenvalue weighted by Gasteiger charge is 2.44. The summed E-state index contributed by atoms with van der Waals surface area (Å²) < 4.78 is 15.6. The molecule has 2 fully saturated rings. The van der Waals surface area contributed by atoms with Crippen molar-refractivity contribution >= 4 is 5.69 Å². The molecule has 2 aromatic heterocycles. The topological polar surface area (TPSA) is 50.1 Å². The molecule has 2 bridgehead atoms. The van der Waals surface area contributed by atoms with E-state index in [1.807, 2.05) is 30.7 Å². The van der Waals surface area contributed by atoms with Crippen LogP contribution in [-0.4, -0.2) is 55.9 Å². The first kappa shape index (κ1) is 18.2. The van der Waals surface area contributed by atoms with Crippen LogP contribution < -0.4 is 4.90 Å². The maximum absolute atomic E-state index is 13.9. The number of rotatable bonds is 5. The number of halogens is 1. The van der Waals surface area contributed by atoms with E-state index in [9.17, 15) is 4.39 Å². The Morgan fingerprint density at radius 2 is 1.86 bits per heavy atom. The normalized spacial score (nSPS) is 21.4. The van der Waals surface area contributed by atoms with Crippen molar-refractivity contribution in [1.82, 2.24) is 24.6 Å². The number of hydrogen-bond acceptors (Lipinski definition) is 5. The van der Waals surface area contributed by atoms with E-state index in [1.165, 1.54) is 12.5 Å². The monoisotopic (exact) mass is 392 g/mol. The minimum Gasteiger partial charge on any atom is -0.363 e. The smallest absolute Gasteiger partial charge is 0.180 e. The number of piperazine rings is 1.